The van der Waals surface area contributed by atoms with Crippen LogP contribution in [0.25, 0.3) is 10.9 Å². The van der Waals surface area contributed by atoms with Gasteiger partial charge in [-0.2, -0.15) is 10.4 Å². The lowest BCUT2D eigenvalue weighted by Crippen LogP contribution is -2.39. The molecule has 1 aromatic heterocycles. The number of fused-ring (bicyclic) bond motifs is 1. The summed E-state index contributed by atoms with van der Waals surface area (Å²) in [4.78, 5) is 0. The third-order valence-corrected chi connectivity index (χ3v) is 2.90. The van der Waals surface area contributed by atoms with Crippen molar-refractivity contribution in [3.63, 3.8) is 0 Å². The van der Waals surface area contributed by atoms with Crippen LogP contribution in [0.1, 0.15) is 13.8 Å². The highest BCUT2D eigenvalue weighted by molar-refractivity contribution is 6.31. The fourth-order valence-electron chi connectivity index (χ4n) is 1.82. The van der Waals surface area contributed by atoms with Gasteiger partial charge in [0.05, 0.1) is 30.1 Å². The van der Waals surface area contributed by atoms with E-state index in [9.17, 15) is 0 Å². The van der Waals surface area contributed by atoms with Crippen LogP contribution in [0.15, 0.2) is 18.2 Å². The molecule has 1 atom stereocenters. The third kappa shape index (κ3) is 2.80. The molecule has 0 spiro atoms. The first-order chi connectivity index (χ1) is 8.96. The van der Waals surface area contributed by atoms with Gasteiger partial charge in [0.15, 0.2) is 0 Å². The maximum atomic E-state index is 9.02. The predicted molar refractivity (Wildman–Crippen MR) is 74.1 cm³/mol. The van der Waals surface area contributed by atoms with Gasteiger partial charge in [0, 0.05) is 5.02 Å². The van der Waals surface area contributed by atoms with Crippen molar-refractivity contribution in [2.45, 2.75) is 25.9 Å². The van der Waals surface area contributed by atoms with Crippen LogP contribution in [0.2, 0.25) is 5.02 Å². The minimum absolute atomic E-state index is 0.255. The molecule has 100 valence electrons. The number of benzene rings is 1. The molecule has 0 aliphatic carbocycles. The first-order valence-electron chi connectivity index (χ1n) is 5.96. The maximum absolute atomic E-state index is 9.02. The number of aromatic nitrogens is 2. The fraction of sp³-hybridized carbons (Fsp3) is 0.385. The van der Waals surface area contributed by atoms with E-state index in [4.69, 9.17) is 27.3 Å². The van der Waals surface area contributed by atoms with Crippen LogP contribution in [-0.4, -0.2) is 21.9 Å². The molecule has 2 rings (SSSR count). The summed E-state index contributed by atoms with van der Waals surface area (Å²) >= 11 is 5.99. The summed E-state index contributed by atoms with van der Waals surface area (Å²) in [5.74, 6) is 0.590. The Balaban J connectivity index is 2.54. The van der Waals surface area contributed by atoms with Gasteiger partial charge in [-0.3, -0.25) is 0 Å². The second kappa shape index (κ2) is 5.08. The Hall–Kier alpha value is -1.77. The largest absolute Gasteiger partial charge is 0.478 e. The Bertz CT molecular complexity index is 642. The van der Waals surface area contributed by atoms with Crippen LogP contribution in [0.4, 0.5) is 0 Å². The fourth-order valence-corrected chi connectivity index (χ4v) is 2.00. The van der Waals surface area contributed by atoms with E-state index >= 15 is 0 Å². The van der Waals surface area contributed by atoms with Crippen molar-refractivity contribution < 1.29 is 4.74 Å². The van der Waals surface area contributed by atoms with Crippen molar-refractivity contribution in [2.75, 3.05) is 6.61 Å². The monoisotopic (exact) mass is 278 g/mol. The number of nitriles is 1. The second-order valence-corrected chi connectivity index (χ2v) is 5.02. The van der Waals surface area contributed by atoms with E-state index in [0.29, 0.717) is 17.5 Å². The van der Waals surface area contributed by atoms with Crippen molar-refractivity contribution in [1.29, 1.82) is 5.26 Å². The Kier molecular flexibility index (Phi) is 3.65. The summed E-state index contributed by atoms with van der Waals surface area (Å²) in [6, 6.07) is 7.43. The molecule has 0 saturated heterocycles. The first-order valence-corrected chi connectivity index (χ1v) is 6.33. The van der Waals surface area contributed by atoms with E-state index in [1.54, 1.807) is 23.7 Å². The minimum atomic E-state index is -1.00. The van der Waals surface area contributed by atoms with Crippen LogP contribution >= 0.6 is 11.6 Å². The molecule has 0 amide bonds. The molecule has 0 saturated carbocycles. The smallest absolute Gasteiger partial charge is 0.220 e. The lowest BCUT2D eigenvalue weighted by atomic mass is 10.1. The van der Waals surface area contributed by atoms with Gasteiger partial charge in [0.2, 0.25) is 5.88 Å². The molecule has 0 fully saturated rings. The Labute approximate surface area is 116 Å². The number of rotatable bonds is 4. The summed E-state index contributed by atoms with van der Waals surface area (Å²) in [6.07, 6.45) is 0. The van der Waals surface area contributed by atoms with Crippen LogP contribution in [0, 0.1) is 11.3 Å². The number of ether oxygens (including phenoxy) is 1. The topological polar surface area (TPSA) is 76.9 Å². The van der Waals surface area contributed by atoms with Crippen molar-refractivity contribution in [3.8, 4) is 11.9 Å². The zero-order valence-electron chi connectivity index (χ0n) is 10.9. The van der Waals surface area contributed by atoms with Gasteiger partial charge in [-0.05, 0) is 32.0 Å². The van der Waals surface area contributed by atoms with Crippen molar-refractivity contribution >= 4 is 22.5 Å². The standard InChI is InChI=1S/C13H15ClN4O/c1-3-19-12-10-6-9(14)4-5-11(10)17-18(12)8-13(2,16)7-15/h4-6H,3,8,16H2,1-2H3. The number of nitrogens with two attached hydrogens (primary N) is 1. The molecule has 1 aromatic carbocycles. The molecule has 5 nitrogen and oxygen atoms in total. The average Bonchev–Trinajstić information content (AvgIpc) is 2.67. The molecule has 6 heteroatoms. The van der Waals surface area contributed by atoms with Crippen LogP contribution < -0.4 is 10.5 Å². The SMILES string of the molecule is CCOc1c2cc(Cl)ccc2nn1CC(C)(N)C#N. The summed E-state index contributed by atoms with van der Waals surface area (Å²) < 4.78 is 7.23. The Morgan fingerprint density at radius 1 is 1.58 bits per heavy atom. The maximum Gasteiger partial charge on any atom is 0.220 e. The number of hydrogen-bond acceptors (Lipinski definition) is 4. The lowest BCUT2D eigenvalue weighted by Gasteiger charge is -2.16. The highest BCUT2D eigenvalue weighted by atomic mass is 35.5. The predicted octanol–water partition coefficient (Wildman–Crippen LogP) is 2.33. The van der Waals surface area contributed by atoms with Gasteiger partial charge in [-0.1, -0.05) is 11.6 Å². The van der Waals surface area contributed by atoms with E-state index in [0.717, 1.165) is 10.9 Å². The molecule has 0 aliphatic heterocycles. The summed E-state index contributed by atoms with van der Waals surface area (Å²) in [5, 5.41) is 14.9. The molecule has 1 unspecified atom stereocenters. The molecule has 2 aromatic rings. The quantitative estimate of drug-likeness (QED) is 0.931. The first kappa shape index (κ1) is 13.7. The van der Waals surface area contributed by atoms with Crippen LogP contribution in [0.5, 0.6) is 5.88 Å². The normalized spacial score (nSPS) is 14.1. The molecule has 0 bridgehead atoms. The minimum Gasteiger partial charge on any atom is -0.478 e. The molecule has 2 N–H and O–H groups in total. The van der Waals surface area contributed by atoms with Gasteiger partial charge < -0.3 is 10.5 Å². The number of hydrogen-bond donors (Lipinski definition) is 1. The van der Waals surface area contributed by atoms with E-state index in [1.807, 2.05) is 13.0 Å². The van der Waals surface area contributed by atoms with Gasteiger partial charge in [-0.25, -0.2) is 4.68 Å². The molecular formula is C13H15ClN4O. The van der Waals surface area contributed by atoms with Gasteiger partial charge in [0.25, 0.3) is 0 Å². The van der Waals surface area contributed by atoms with Gasteiger partial charge in [0.1, 0.15) is 5.54 Å². The van der Waals surface area contributed by atoms with Crippen LogP contribution in [0.3, 0.4) is 0 Å². The zero-order valence-corrected chi connectivity index (χ0v) is 11.6. The van der Waals surface area contributed by atoms with Crippen molar-refractivity contribution in [3.05, 3.63) is 23.2 Å². The summed E-state index contributed by atoms with van der Waals surface area (Å²) in [5.41, 5.74) is 5.62. The van der Waals surface area contributed by atoms with E-state index in [-0.39, 0.29) is 6.54 Å². The summed E-state index contributed by atoms with van der Waals surface area (Å²) in [6.45, 7) is 4.30. The van der Waals surface area contributed by atoms with Crippen molar-refractivity contribution in [1.82, 2.24) is 9.78 Å². The molecule has 19 heavy (non-hydrogen) atoms. The third-order valence-electron chi connectivity index (χ3n) is 2.67. The highest BCUT2D eigenvalue weighted by Crippen LogP contribution is 2.29. The molecule has 1 heterocycles. The van der Waals surface area contributed by atoms with Gasteiger partial charge in [-0.15, -0.1) is 0 Å². The van der Waals surface area contributed by atoms with Gasteiger partial charge >= 0.3 is 0 Å². The summed E-state index contributed by atoms with van der Waals surface area (Å²) in [7, 11) is 0. The molecule has 0 radical (unpaired) electrons. The van der Waals surface area contributed by atoms with Crippen LogP contribution in [-0.2, 0) is 6.54 Å². The number of halogens is 1. The van der Waals surface area contributed by atoms with E-state index < -0.39 is 5.54 Å². The Morgan fingerprint density at radius 3 is 2.95 bits per heavy atom. The Morgan fingerprint density at radius 2 is 2.32 bits per heavy atom. The lowest BCUT2D eigenvalue weighted by molar-refractivity contribution is 0.294. The van der Waals surface area contributed by atoms with E-state index in [1.165, 1.54) is 0 Å². The molecule has 0 aliphatic rings. The average molecular weight is 279 g/mol. The second-order valence-electron chi connectivity index (χ2n) is 4.59. The van der Waals surface area contributed by atoms with E-state index in [2.05, 4.69) is 11.2 Å². The van der Waals surface area contributed by atoms with Crippen molar-refractivity contribution in [2.24, 2.45) is 5.73 Å². The number of nitrogens with zero attached hydrogens (tertiary/aromatic N) is 3. The molecular weight excluding hydrogens is 264 g/mol. The highest BCUT2D eigenvalue weighted by Gasteiger charge is 2.22. The zero-order chi connectivity index (χ0) is 14.0.